The summed E-state index contributed by atoms with van der Waals surface area (Å²) in [5.41, 5.74) is 7.66. The summed E-state index contributed by atoms with van der Waals surface area (Å²) in [4.78, 5) is 0.249. The topological polar surface area (TPSA) is 65.1 Å². The van der Waals surface area contributed by atoms with Gasteiger partial charge in [0.2, 0.25) is 0 Å². The van der Waals surface area contributed by atoms with Gasteiger partial charge in [0.25, 0.3) is 10.0 Å². The van der Waals surface area contributed by atoms with Gasteiger partial charge in [-0.3, -0.25) is 0 Å². The normalized spacial score (nSPS) is 11.7. The van der Waals surface area contributed by atoms with E-state index >= 15 is 0 Å². The van der Waals surface area contributed by atoms with Crippen molar-refractivity contribution in [2.75, 3.05) is 0 Å². The molecule has 0 amide bonds. The summed E-state index contributed by atoms with van der Waals surface area (Å²) in [5.74, 6) is 0. The standard InChI is InChI=1S/C16H14N2O2S2/c1-11-7-8-14-12(9-11)10-15(16(17)21)18(14)22(19,20)13-5-3-2-4-6-13/h2-10H,1H3,(H2,17,21). The Bertz CT molecular complexity index is 974. The molecule has 0 saturated carbocycles. The van der Waals surface area contributed by atoms with E-state index in [1.54, 1.807) is 42.5 Å². The van der Waals surface area contributed by atoms with Gasteiger partial charge in [0.1, 0.15) is 4.99 Å². The first kappa shape index (κ1) is 14.7. The molecule has 0 aliphatic carbocycles. The van der Waals surface area contributed by atoms with Crippen molar-refractivity contribution in [1.82, 2.24) is 3.97 Å². The molecule has 0 aliphatic heterocycles. The van der Waals surface area contributed by atoms with Crippen LogP contribution < -0.4 is 5.73 Å². The smallest absolute Gasteiger partial charge is 0.268 e. The lowest BCUT2D eigenvalue weighted by atomic mass is 10.2. The maximum absolute atomic E-state index is 13.0. The molecule has 6 heteroatoms. The van der Waals surface area contributed by atoms with Crippen molar-refractivity contribution >= 4 is 38.1 Å². The molecule has 112 valence electrons. The highest BCUT2D eigenvalue weighted by Gasteiger charge is 2.23. The fourth-order valence-electron chi connectivity index (χ4n) is 2.44. The molecule has 1 aromatic heterocycles. The predicted molar refractivity (Wildman–Crippen MR) is 91.6 cm³/mol. The van der Waals surface area contributed by atoms with Gasteiger partial charge >= 0.3 is 0 Å². The predicted octanol–water partition coefficient (Wildman–Crippen LogP) is 2.82. The maximum atomic E-state index is 13.0. The van der Waals surface area contributed by atoms with E-state index in [-0.39, 0.29) is 9.88 Å². The minimum absolute atomic E-state index is 0.0494. The second-order valence-electron chi connectivity index (χ2n) is 5.04. The molecule has 0 spiro atoms. The lowest BCUT2D eigenvalue weighted by Gasteiger charge is -2.11. The fourth-order valence-corrected chi connectivity index (χ4v) is 4.19. The number of aromatic nitrogens is 1. The third kappa shape index (κ3) is 2.30. The van der Waals surface area contributed by atoms with Crippen LogP contribution in [0, 0.1) is 6.92 Å². The van der Waals surface area contributed by atoms with Crippen LogP contribution >= 0.6 is 12.2 Å². The third-order valence-electron chi connectivity index (χ3n) is 3.45. The van der Waals surface area contributed by atoms with Gasteiger partial charge in [0.15, 0.2) is 0 Å². The Hall–Kier alpha value is -2.18. The summed E-state index contributed by atoms with van der Waals surface area (Å²) in [6.07, 6.45) is 0. The quantitative estimate of drug-likeness (QED) is 0.750. The molecule has 0 atom stereocenters. The number of fused-ring (bicyclic) bond motifs is 1. The molecule has 0 bridgehead atoms. The van der Waals surface area contributed by atoms with Crippen LogP contribution in [0.3, 0.4) is 0 Å². The minimum atomic E-state index is -3.76. The highest BCUT2D eigenvalue weighted by atomic mass is 32.2. The molecular weight excluding hydrogens is 316 g/mol. The second-order valence-corrected chi connectivity index (χ2v) is 7.27. The van der Waals surface area contributed by atoms with E-state index in [9.17, 15) is 8.42 Å². The maximum Gasteiger partial charge on any atom is 0.268 e. The number of nitrogens with two attached hydrogens (primary N) is 1. The first-order chi connectivity index (χ1) is 10.4. The summed E-state index contributed by atoms with van der Waals surface area (Å²) in [6.45, 7) is 1.95. The van der Waals surface area contributed by atoms with Crippen molar-refractivity contribution < 1.29 is 8.42 Å². The Morgan fingerprint density at radius 1 is 1.09 bits per heavy atom. The number of benzene rings is 2. The summed E-state index contributed by atoms with van der Waals surface area (Å²) in [5, 5.41) is 0.794. The number of aryl methyl sites for hydroxylation is 1. The van der Waals surface area contributed by atoms with E-state index < -0.39 is 10.0 Å². The minimum Gasteiger partial charge on any atom is -0.388 e. The summed E-state index contributed by atoms with van der Waals surface area (Å²) in [6, 6.07) is 15.5. The van der Waals surface area contributed by atoms with Crippen LogP contribution in [0.4, 0.5) is 0 Å². The Morgan fingerprint density at radius 3 is 2.41 bits per heavy atom. The average Bonchev–Trinajstić information content (AvgIpc) is 2.87. The molecular formula is C16H14N2O2S2. The number of hydrogen-bond acceptors (Lipinski definition) is 3. The average molecular weight is 330 g/mol. The molecule has 3 aromatic rings. The van der Waals surface area contributed by atoms with Gasteiger partial charge in [-0.15, -0.1) is 0 Å². The van der Waals surface area contributed by atoms with Crippen LogP contribution in [0.1, 0.15) is 11.3 Å². The van der Waals surface area contributed by atoms with Crippen LogP contribution in [0.15, 0.2) is 59.5 Å². The van der Waals surface area contributed by atoms with Gasteiger partial charge in [-0.05, 0) is 37.3 Å². The second kappa shape index (κ2) is 5.23. The highest BCUT2D eigenvalue weighted by molar-refractivity contribution is 7.90. The van der Waals surface area contributed by atoms with E-state index in [0.29, 0.717) is 11.2 Å². The molecule has 4 nitrogen and oxygen atoms in total. The molecule has 2 aromatic carbocycles. The summed E-state index contributed by atoms with van der Waals surface area (Å²) >= 11 is 5.03. The van der Waals surface area contributed by atoms with Gasteiger partial charge in [-0.1, -0.05) is 42.0 Å². The molecule has 0 radical (unpaired) electrons. The van der Waals surface area contributed by atoms with Crippen molar-refractivity contribution in [3.05, 3.63) is 65.9 Å². The van der Waals surface area contributed by atoms with Gasteiger partial charge in [-0.25, -0.2) is 12.4 Å². The van der Waals surface area contributed by atoms with Crippen molar-refractivity contribution in [1.29, 1.82) is 0 Å². The number of rotatable bonds is 3. The highest BCUT2D eigenvalue weighted by Crippen LogP contribution is 2.26. The van der Waals surface area contributed by atoms with Gasteiger partial charge in [0, 0.05) is 5.39 Å². The van der Waals surface area contributed by atoms with Crippen LogP contribution in [0.5, 0.6) is 0 Å². The van der Waals surface area contributed by atoms with E-state index in [1.165, 1.54) is 3.97 Å². The Kier molecular flexibility index (Phi) is 3.50. The zero-order chi connectivity index (χ0) is 15.9. The molecule has 0 aliphatic rings. The molecule has 0 unspecified atom stereocenters. The number of hydrogen-bond donors (Lipinski definition) is 1. The summed E-state index contributed by atoms with van der Waals surface area (Å²) < 4.78 is 27.2. The van der Waals surface area contributed by atoms with Gasteiger partial charge < -0.3 is 5.73 Å². The van der Waals surface area contributed by atoms with E-state index in [2.05, 4.69) is 0 Å². The summed E-state index contributed by atoms with van der Waals surface area (Å²) in [7, 11) is -3.76. The molecule has 0 saturated heterocycles. The zero-order valence-electron chi connectivity index (χ0n) is 11.9. The van der Waals surface area contributed by atoms with Crippen molar-refractivity contribution in [3.63, 3.8) is 0 Å². The lowest BCUT2D eigenvalue weighted by molar-refractivity contribution is 0.589. The fraction of sp³-hybridized carbons (Fsp3) is 0.0625. The van der Waals surface area contributed by atoms with Crippen LogP contribution in [-0.2, 0) is 10.0 Å². The zero-order valence-corrected chi connectivity index (χ0v) is 13.5. The van der Waals surface area contributed by atoms with Crippen LogP contribution in [0.2, 0.25) is 0 Å². The van der Waals surface area contributed by atoms with Crippen molar-refractivity contribution in [2.45, 2.75) is 11.8 Å². The lowest BCUT2D eigenvalue weighted by Crippen LogP contribution is -2.21. The molecule has 1 heterocycles. The largest absolute Gasteiger partial charge is 0.388 e. The molecule has 0 fully saturated rings. The van der Waals surface area contributed by atoms with E-state index in [0.717, 1.165) is 10.9 Å². The van der Waals surface area contributed by atoms with Crippen LogP contribution in [-0.4, -0.2) is 17.4 Å². The Balaban J connectivity index is 2.39. The van der Waals surface area contributed by atoms with Crippen molar-refractivity contribution in [3.8, 4) is 0 Å². The van der Waals surface area contributed by atoms with Gasteiger partial charge in [-0.2, -0.15) is 0 Å². The molecule has 2 N–H and O–H groups in total. The number of thiocarbonyl (C=S) groups is 1. The monoisotopic (exact) mass is 330 g/mol. The number of nitrogens with zero attached hydrogens (tertiary/aromatic N) is 1. The third-order valence-corrected chi connectivity index (χ3v) is 5.40. The first-order valence-electron chi connectivity index (χ1n) is 6.64. The van der Waals surface area contributed by atoms with Gasteiger partial charge in [0.05, 0.1) is 16.1 Å². The van der Waals surface area contributed by atoms with Crippen molar-refractivity contribution in [2.24, 2.45) is 5.73 Å². The Morgan fingerprint density at radius 2 is 1.77 bits per heavy atom. The molecule has 3 rings (SSSR count). The molecule has 22 heavy (non-hydrogen) atoms. The van der Waals surface area contributed by atoms with E-state index in [1.807, 2.05) is 19.1 Å². The Labute approximate surface area is 134 Å². The van der Waals surface area contributed by atoms with E-state index in [4.69, 9.17) is 18.0 Å². The SMILES string of the molecule is Cc1ccc2c(c1)cc(C(N)=S)n2S(=O)(=O)c1ccccc1. The van der Waals surface area contributed by atoms with Crippen LogP contribution in [0.25, 0.3) is 10.9 Å². The first-order valence-corrected chi connectivity index (χ1v) is 8.48.